The third-order valence-electron chi connectivity index (χ3n) is 1.29. The van der Waals surface area contributed by atoms with E-state index < -0.39 is 0 Å². The van der Waals surface area contributed by atoms with Crippen LogP contribution in [0.4, 0.5) is 0 Å². The first-order chi connectivity index (χ1) is 5.09. The molecule has 1 atom stereocenters. The number of hydrogen-bond donors (Lipinski definition) is 2. The van der Waals surface area contributed by atoms with E-state index in [9.17, 15) is 4.79 Å². The van der Waals surface area contributed by atoms with E-state index in [0.29, 0.717) is 5.92 Å². The molecule has 4 nitrogen and oxygen atoms in total. The third-order valence-corrected chi connectivity index (χ3v) is 1.29. The van der Waals surface area contributed by atoms with Crippen molar-refractivity contribution in [1.82, 2.24) is 5.32 Å². The Bertz CT molecular complexity index is 109. The van der Waals surface area contributed by atoms with Crippen molar-refractivity contribution < 1.29 is 14.7 Å². The monoisotopic (exact) mass is 417 g/mol. The minimum absolute atomic E-state index is 0. The molecule has 0 aliphatic rings. The van der Waals surface area contributed by atoms with E-state index in [4.69, 9.17) is 9.90 Å². The standard InChI is InChI=1S/C6H12NO.CH2O2.Fm/c1-5(2)6(3)7-4-8;2-1-3;/h5-6H,1-3H3,(H,7,8);1H,(H,2,3);/q-1;;. The Kier molecular flexibility index (Phi) is 16.1. The summed E-state index contributed by atoms with van der Waals surface area (Å²) in [5.41, 5.74) is 0. The molecule has 0 fully saturated rings. The molecule has 12 heavy (non-hydrogen) atoms. The quantitative estimate of drug-likeness (QED) is 0.397. The number of nitrogens with one attached hydrogen (secondary N) is 1. The molecule has 1 amide bonds. The minimum atomic E-state index is -0.250. The molecule has 0 spiro atoms. The molecule has 0 saturated heterocycles. The summed E-state index contributed by atoms with van der Waals surface area (Å²) < 4.78 is 0. The normalized spacial score (nSPS) is 10.0. The van der Waals surface area contributed by atoms with E-state index in [1.165, 1.54) is 0 Å². The van der Waals surface area contributed by atoms with Gasteiger partial charge in [0.15, 0.2) is 0 Å². The zero-order valence-electron chi connectivity index (χ0n) is 7.28. The van der Waals surface area contributed by atoms with Gasteiger partial charge in [-0.05, 0) is 18.9 Å². The van der Waals surface area contributed by atoms with Crippen LogP contribution in [0.15, 0.2) is 0 Å². The van der Waals surface area contributed by atoms with Crippen LogP contribution >= 0.6 is 0 Å². The van der Waals surface area contributed by atoms with Crippen molar-refractivity contribution in [2.75, 3.05) is 0 Å². The number of rotatable bonds is 3. The second-order valence-electron chi connectivity index (χ2n) is 2.38. The molecule has 0 aliphatic carbocycles. The van der Waals surface area contributed by atoms with Crippen LogP contribution in [0.25, 0.3) is 0 Å². The molecule has 2 N–H and O–H groups in total. The van der Waals surface area contributed by atoms with Crippen molar-refractivity contribution in [3.8, 4) is 0 Å². The van der Waals surface area contributed by atoms with Gasteiger partial charge in [-0.15, -0.1) is 0 Å². The average molecular weight is 417 g/mol. The van der Waals surface area contributed by atoms with Gasteiger partial charge in [-0.1, -0.05) is 13.8 Å². The van der Waals surface area contributed by atoms with Crippen LogP contribution in [-0.4, -0.2) is 24.0 Å². The maximum atomic E-state index is 9.68. The molecule has 0 radical (unpaired) electrons. The molecule has 0 aliphatic heterocycles. The van der Waals surface area contributed by atoms with Crippen LogP contribution in [0.1, 0.15) is 20.8 Å². The van der Waals surface area contributed by atoms with Crippen LogP contribution < -0.4 is 5.32 Å². The van der Waals surface area contributed by atoms with Gasteiger partial charge in [0.05, 0.1) is 0 Å². The summed E-state index contributed by atoms with van der Waals surface area (Å²) in [6.07, 6.45) is 1.65. The summed E-state index contributed by atoms with van der Waals surface area (Å²) in [4.78, 5) is 18.0. The van der Waals surface area contributed by atoms with Crippen LogP contribution in [0.5, 0.6) is 0 Å². The van der Waals surface area contributed by atoms with Crippen LogP contribution in [0, 0.1) is 5.92 Å². The molecule has 0 aromatic rings. The molecule has 0 aromatic carbocycles. The second-order valence-corrected chi connectivity index (χ2v) is 2.38. The number of hydrogen-bond acceptors (Lipinski definition) is 2. The van der Waals surface area contributed by atoms with E-state index in [0.717, 1.165) is 0 Å². The predicted octanol–water partition coefficient (Wildman–Crippen LogP) is 0.389. The van der Waals surface area contributed by atoms with Gasteiger partial charge in [0.1, 0.15) is 0 Å². The van der Waals surface area contributed by atoms with Gasteiger partial charge in [-0.2, -0.15) is 6.41 Å². The van der Waals surface area contributed by atoms with Gasteiger partial charge < -0.3 is 15.2 Å². The van der Waals surface area contributed by atoms with E-state index in [1.807, 2.05) is 6.92 Å². The Balaban J connectivity index is -0.000000177. The number of carbonyl (C=O) groups excluding carboxylic acids is 1. The Labute approximate surface area is 66.6 Å². The summed E-state index contributed by atoms with van der Waals surface area (Å²) in [5, 5.41) is 9.43. The summed E-state index contributed by atoms with van der Waals surface area (Å²) in [7, 11) is 0. The number of amides is 1. The maximum absolute atomic E-state index is 9.68. The first-order valence-corrected chi connectivity index (χ1v) is 3.30. The largest absolute Gasteiger partial charge is 0.527 e. The Morgan fingerprint density at radius 3 is 1.83 bits per heavy atom. The summed E-state index contributed by atoms with van der Waals surface area (Å²) >= 11 is 0. The number of carboxylic acid groups (broad SMARTS) is 1. The van der Waals surface area contributed by atoms with E-state index >= 15 is 0 Å². The fourth-order valence-corrected chi connectivity index (χ4v) is 0.260. The Morgan fingerprint density at radius 1 is 1.42 bits per heavy atom. The molecule has 5 heteroatoms. The van der Waals surface area contributed by atoms with Gasteiger partial charge in [-0.3, -0.25) is 4.79 Å². The van der Waals surface area contributed by atoms with Crippen LogP contribution in [0.3, 0.4) is 0 Å². The predicted molar refractivity (Wildman–Crippen MR) is 41.8 cm³/mol. The second kappa shape index (κ2) is 11.7. The fraction of sp³-hybridized carbons (Fsp3) is 0.714. The molecule has 78 valence electrons. The van der Waals surface area contributed by atoms with Gasteiger partial charge in [-0.25, -0.2) is 0 Å². The van der Waals surface area contributed by atoms with Gasteiger partial charge >= 0.3 is 0 Å². The average Bonchev–Trinajstić information content (AvgIpc) is 1.90. The van der Waals surface area contributed by atoms with Crippen molar-refractivity contribution in [3.63, 3.8) is 0 Å². The van der Waals surface area contributed by atoms with Crippen molar-refractivity contribution in [3.05, 3.63) is 0 Å². The first-order valence-electron chi connectivity index (χ1n) is 3.30. The van der Waals surface area contributed by atoms with Crippen molar-refractivity contribution in [2.45, 2.75) is 26.8 Å². The van der Waals surface area contributed by atoms with Crippen molar-refractivity contribution >= 4 is 12.9 Å². The molecule has 0 heterocycles. The molecule has 0 saturated carbocycles. The fourth-order valence-electron chi connectivity index (χ4n) is 0.260. The maximum Gasteiger partial charge on any atom is 0.290 e. The Morgan fingerprint density at radius 2 is 1.75 bits per heavy atom. The zero-order chi connectivity index (χ0) is 9.28. The molecule has 0 bridgehead atoms. The number of carbonyl (C=O) groups is 1. The van der Waals surface area contributed by atoms with Crippen molar-refractivity contribution in [2.24, 2.45) is 5.92 Å². The molecular weight excluding hydrogens is 403 g/mol. The SMILES string of the molecule is CC(C)C(C)N[C-]=O.O=CO.[Fm]. The van der Waals surface area contributed by atoms with Crippen LogP contribution in [0.2, 0.25) is 0 Å². The summed E-state index contributed by atoms with van der Waals surface area (Å²) in [6.45, 7) is 5.81. The summed E-state index contributed by atoms with van der Waals surface area (Å²) in [5.74, 6) is 0.497. The Hall–Kier alpha value is -2.06. The van der Waals surface area contributed by atoms with E-state index in [1.54, 1.807) is 6.41 Å². The first kappa shape index (κ1) is 16.5. The molecule has 1 unspecified atom stereocenters. The third kappa shape index (κ3) is 15.7. The van der Waals surface area contributed by atoms with Crippen LogP contribution in [-0.2, 0) is 9.59 Å². The molecule has 0 aromatic heterocycles. The van der Waals surface area contributed by atoms with E-state index in [-0.39, 0.29) is 12.5 Å². The molecular formula is C7H14FmNO3-. The smallest absolute Gasteiger partial charge is 0.290 e. The summed E-state index contributed by atoms with van der Waals surface area (Å²) in [6, 6.07) is 0.243. The van der Waals surface area contributed by atoms with Crippen molar-refractivity contribution in [1.29, 1.82) is 0 Å². The molecule has 0 rings (SSSR count). The minimum Gasteiger partial charge on any atom is -0.527 e. The van der Waals surface area contributed by atoms with Gasteiger partial charge in [0.2, 0.25) is 0 Å². The van der Waals surface area contributed by atoms with E-state index in [2.05, 4.69) is 19.2 Å². The van der Waals surface area contributed by atoms with Gasteiger partial charge in [0.25, 0.3) is 6.47 Å². The zero-order valence-corrected chi connectivity index (χ0v) is 9.69. The van der Waals surface area contributed by atoms with Gasteiger partial charge in [0, 0.05) is 0 Å². The topological polar surface area (TPSA) is 66.4 Å².